The van der Waals surface area contributed by atoms with E-state index in [4.69, 9.17) is 15.9 Å². The number of phenolic OH excluding ortho intramolecular Hbond substituents is 2. The lowest BCUT2D eigenvalue weighted by Gasteiger charge is -2.19. The molecule has 5 N–H and O–H groups in total. The maximum atomic E-state index is 10.7. The van der Waals surface area contributed by atoms with Crippen molar-refractivity contribution in [2.24, 2.45) is 5.73 Å². The van der Waals surface area contributed by atoms with Crippen LogP contribution in [0.2, 0.25) is 0 Å². The highest BCUT2D eigenvalue weighted by Crippen LogP contribution is 2.26. The van der Waals surface area contributed by atoms with Crippen LogP contribution in [-0.2, 0) is 11.2 Å². The molecule has 0 heterocycles. The largest absolute Gasteiger partial charge is 0.504 e. The summed E-state index contributed by atoms with van der Waals surface area (Å²) >= 11 is 0. The first-order valence-electron chi connectivity index (χ1n) is 5.36. The van der Waals surface area contributed by atoms with E-state index < -0.39 is 11.5 Å². The Morgan fingerprint density at radius 1 is 1.29 bits per heavy atom. The summed E-state index contributed by atoms with van der Waals surface area (Å²) in [6.45, 7) is 5.39. The molecule has 5 heteroatoms. The second kappa shape index (κ2) is 6.10. The van der Waals surface area contributed by atoms with Crippen LogP contribution < -0.4 is 5.73 Å². The van der Waals surface area contributed by atoms with Crippen molar-refractivity contribution in [3.8, 4) is 11.5 Å². The lowest BCUT2D eigenvalue weighted by Crippen LogP contribution is -2.46. The Morgan fingerprint density at radius 2 is 1.82 bits per heavy atom. The molecule has 1 aromatic rings. The van der Waals surface area contributed by atoms with Crippen molar-refractivity contribution in [1.82, 2.24) is 0 Å². The third-order valence-corrected chi connectivity index (χ3v) is 2.10. The molecule has 1 rings (SSSR count). The summed E-state index contributed by atoms with van der Waals surface area (Å²) < 4.78 is 0. The van der Waals surface area contributed by atoms with E-state index in [0.717, 1.165) is 0 Å². The van der Waals surface area contributed by atoms with E-state index in [-0.39, 0.29) is 17.9 Å². The van der Waals surface area contributed by atoms with Gasteiger partial charge in [-0.2, -0.15) is 0 Å². The van der Waals surface area contributed by atoms with Crippen molar-refractivity contribution in [3.63, 3.8) is 0 Å². The molecule has 0 aliphatic rings. The van der Waals surface area contributed by atoms with Crippen LogP contribution in [0, 0.1) is 0 Å². The topological polar surface area (TPSA) is 104 Å². The molecule has 1 atom stereocenters. The van der Waals surface area contributed by atoms with Crippen LogP contribution in [0.3, 0.4) is 0 Å². The molecule has 0 amide bonds. The number of carboxylic acids is 1. The highest BCUT2D eigenvalue weighted by Gasteiger charge is 2.28. The quantitative estimate of drug-likeness (QED) is 0.600. The van der Waals surface area contributed by atoms with Gasteiger partial charge in [0.25, 0.3) is 0 Å². The fourth-order valence-electron chi connectivity index (χ4n) is 1.18. The minimum absolute atomic E-state index is 0.0795. The lowest BCUT2D eigenvalue weighted by atomic mass is 9.94. The predicted octanol–water partition coefficient (Wildman–Crippen LogP) is 1.47. The average Bonchev–Trinajstić information content (AvgIpc) is 2.26. The van der Waals surface area contributed by atoms with Gasteiger partial charge in [-0.25, -0.2) is 0 Å². The number of carbonyl (C=O) groups is 1. The summed E-state index contributed by atoms with van der Waals surface area (Å²) in [5.74, 6) is -1.64. The molecule has 0 saturated heterocycles. The van der Waals surface area contributed by atoms with Crippen molar-refractivity contribution >= 4 is 5.97 Å². The summed E-state index contributed by atoms with van der Waals surface area (Å²) in [5.41, 5.74) is 4.70. The van der Waals surface area contributed by atoms with Crippen molar-refractivity contribution in [2.45, 2.75) is 32.7 Å². The number of phenols is 2. The van der Waals surface area contributed by atoms with Gasteiger partial charge in [0.05, 0.1) is 0 Å². The van der Waals surface area contributed by atoms with Gasteiger partial charge in [-0.15, -0.1) is 0 Å². The van der Waals surface area contributed by atoms with Crippen LogP contribution in [0.4, 0.5) is 0 Å². The zero-order valence-corrected chi connectivity index (χ0v) is 10.3. The van der Waals surface area contributed by atoms with Gasteiger partial charge in [0.2, 0.25) is 0 Å². The van der Waals surface area contributed by atoms with Gasteiger partial charge >= 0.3 is 5.97 Å². The fourth-order valence-corrected chi connectivity index (χ4v) is 1.18. The fraction of sp³-hybridized carbons (Fsp3) is 0.417. The van der Waals surface area contributed by atoms with E-state index in [1.165, 1.54) is 25.1 Å². The summed E-state index contributed by atoms with van der Waals surface area (Å²) in [6.07, 6.45) is 0.0795. The Morgan fingerprint density at radius 3 is 2.24 bits per heavy atom. The van der Waals surface area contributed by atoms with Crippen molar-refractivity contribution in [1.29, 1.82) is 0 Å². The first-order valence-corrected chi connectivity index (χ1v) is 5.36. The first kappa shape index (κ1) is 15.2. The molecule has 0 aromatic heterocycles. The number of hydrogen-bond donors (Lipinski definition) is 4. The molecule has 0 bridgehead atoms. The predicted molar refractivity (Wildman–Crippen MR) is 65.1 cm³/mol. The van der Waals surface area contributed by atoms with Gasteiger partial charge in [-0.05, 0) is 24.6 Å². The number of rotatable bonds is 3. The summed E-state index contributed by atoms with van der Waals surface area (Å²) in [4.78, 5) is 10.7. The average molecular weight is 241 g/mol. The van der Waals surface area contributed by atoms with Crippen LogP contribution >= 0.6 is 0 Å². The Kier molecular flexibility index (Phi) is 5.47. The number of carboxylic acid groups (broad SMARTS) is 1. The van der Waals surface area contributed by atoms with Crippen LogP contribution in [0.1, 0.15) is 26.3 Å². The maximum absolute atomic E-state index is 10.7. The summed E-state index contributed by atoms with van der Waals surface area (Å²) in [6, 6.07) is 4.11. The number of benzene rings is 1. The maximum Gasteiger partial charge on any atom is 0.323 e. The Balaban J connectivity index is 0.00000121. The minimum Gasteiger partial charge on any atom is -0.504 e. The SMILES string of the molecule is CC.CC(N)(Cc1ccc(O)c(O)c1)C(=O)O. The van der Waals surface area contributed by atoms with Crippen molar-refractivity contribution in [3.05, 3.63) is 23.8 Å². The monoisotopic (exact) mass is 241 g/mol. The van der Waals surface area contributed by atoms with Gasteiger partial charge < -0.3 is 21.1 Å². The molecule has 0 saturated carbocycles. The zero-order valence-electron chi connectivity index (χ0n) is 10.3. The molecule has 0 radical (unpaired) electrons. The molecular weight excluding hydrogens is 222 g/mol. The minimum atomic E-state index is -1.39. The number of hydrogen-bond acceptors (Lipinski definition) is 4. The molecule has 96 valence electrons. The van der Waals surface area contributed by atoms with Gasteiger partial charge in [-0.3, -0.25) is 4.79 Å². The first-order chi connectivity index (χ1) is 7.83. The van der Waals surface area contributed by atoms with Crippen molar-refractivity contribution in [2.75, 3.05) is 0 Å². The van der Waals surface area contributed by atoms with Gasteiger partial charge in [0.15, 0.2) is 11.5 Å². The zero-order chi connectivity index (χ0) is 13.6. The number of aliphatic carboxylic acids is 1. The third kappa shape index (κ3) is 4.32. The molecule has 5 nitrogen and oxygen atoms in total. The molecule has 1 aromatic carbocycles. The molecular formula is C12H19NO4. The lowest BCUT2D eigenvalue weighted by molar-refractivity contribution is -0.142. The van der Waals surface area contributed by atoms with Crippen molar-refractivity contribution < 1.29 is 20.1 Å². The van der Waals surface area contributed by atoms with Crippen LogP contribution in [0.25, 0.3) is 0 Å². The molecule has 0 aliphatic carbocycles. The molecule has 0 spiro atoms. The van der Waals surface area contributed by atoms with Gasteiger partial charge in [0, 0.05) is 6.42 Å². The highest BCUT2D eigenvalue weighted by molar-refractivity contribution is 5.78. The Bertz CT molecular complexity index is 388. The summed E-state index contributed by atoms with van der Waals surface area (Å²) in [7, 11) is 0. The third-order valence-electron chi connectivity index (χ3n) is 2.10. The second-order valence-corrected chi connectivity index (χ2v) is 3.72. The smallest absolute Gasteiger partial charge is 0.323 e. The molecule has 17 heavy (non-hydrogen) atoms. The van der Waals surface area contributed by atoms with E-state index in [9.17, 15) is 9.90 Å². The van der Waals surface area contributed by atoms with Gasteiger partial charge in [-0.1, -0.05) is 19.9 Å². The van der Waals surface area contributed by atoms with E-state index in [0.29, 0.717) is 5.56 Å². The second-order valence-electron chi connectivity index (χ2n) is 3.72. The van der Waals surface area contributed by atoms with E-state index in [2.05, 4.69) is 0 Å². The summed E-state index contributed by atoms with van der Waals surface area (Å²) in [5, 5.41) is 27.0. The number of nitrogens with two attached hydrogens (primary N) is 1. The van der Waals surface area contributed by atoms with E-state index in [1.807, 2.05) is 13.8 Å². The molecule has 1 unspecified atom stereocenters. The van der Waals surface area contributed by atoms with Crippen LogP contribution in [0.15, 0.2) is 18.2 Å². The van der Waals surface area contributed by atoms with Gasteiger partial charge in [0.1, 0.15) is 5.54 Å². The standard InChI is InChI=1S/C10H13NO4.C2H6/c1-10(11,9(14)15)5-6-2-3-7(12)8(13)4-6;1-2/h2-4,12-13H,5,11H2,1H3,(H,14,15);1-2H3. The van der Waals surface area contributed by atoms with E-state index >= 15 is 0 Å². The van der Waals surface area contributed by atoms with Crippen LogP contribution in [0.5, 0.6) is 11.5 Å². The highest BCUT2D eigenvalue weighted by atomic mass is 16.4. The Hall–Kier alpha value is -1.75. The van der Waals surface area contributed by atoms with E-state index in [1.54, 1.807) is 0 Å². The normalized spacial score (nSPS) is 13.2. The van der Waals surface area contributed by atoms with Crippen LogP contribution in [-0.4, -0.2) is 26.8 Å². The number of aromatic hydroxyl groups is 2. The molecule has 0 fully saturated rings. The molecule has 0 aliphatic heterocycles. The Labute approximate surface area is 101 Å².